The van der Waals surface area contributed by atoms with Gasteiger partial charge in [-0.1, -0.05) is 52.0 Å². The van der Waals surface area contributed by atoms with Crippen molar-refractivity contribution in [2.24, 2.45) is 5.92 Å². The molecular formula is C22H33N3. The smallest absolute Gasteiger partial charge is 0.0823 e. The zero-order valence-corrected chi connectivity index (χ0v) is 15.9. The van der Waals surface area contributed by atoms with Gasteiger partial charge in [0.2, 0.25) is 0 Å². The summed E-state index contributed by atoms with van der Waals surface area (Å²) >= 11 is 0. The minimum absolute atomic E-state index is 0.305. The van der Waals surface area contributed by atoms with Gasteiger partial charge < -0.3 is 10.6 Å². The highest BCUT2D eigenvalue weighted by atomic mass is 15.2. The van der Waals surface area contributed by atoms with Gasteiger partial charge >= 0.3 is 0 Å². The molecule has 0 aliphatic heterocycles. The monoisotopic (exact) mass is 339 g/mol. The minimum Gasteiger partial charge on any atom is -0.397 e. The molecular weight excluding hydrogens is 306 g/mol. The number of anilines is 2. The Labute approximate surface area is 153 Å². The molecule has 2 N–H and O–H groups in total. The van der Waals surface area contributed by atoms with Crippen LogP contribution in [-0.4, -0.2) is 12.6 Å². The molecule has 0 amide bonds. The van der Waals surface area contributed by atoms with Crippen LogP contribution in [0.4, 0.5) is 11.4 Å². The number of nitrogens with two attached hydrogens (primary N) is 1. The second-order valence-electron chi connectivity index (χ2n) is 8.51. The summed E-state index contributed by atoms with van der Waals surface area (Å²) < 4.78 is 0. The topological polar surface area (TPSA) is 53.0 Å². The molecule has 0 unspecified atom stereocenters. The van der Waals surface area contributed by atoms with Crippen molar-refractivity contribution >= 4 is 11.4 Å². The van der Waals surface area contributed by atoms with Crippen molar-refractivity contribution in [1.29, 1.82) is 5.26 Å². The van der Waals surface area contributed by atoms with E-state index in [0.29, 0.717) is 12.0 Å². The first-order chi connectivity index (χ1) is 12.1. The summed E-state index contributed by atoms with van der Waals surface area (Å²) in [5.41, 5.74) is 9.38. The predicted octanol–water partition coefficient (Wildman–Crippen LogP) is 5.40. The largest absolute Gasteiger partial charge is 0.397 e. The standard InChI is InChI=1S/C22H33N3/c1-17(2)15-25(19-8-4-3-5-9-19)21-11-10-18(14-20(21)24)22(16-23)12-6-7-13-22/h10-11,14,17,19H,3-9,12-13,15,24H2,1-2H3. The van der Waals surface area contributed by atoms with Crippen molar-refractivity contribution in [3.05, 3.63) is 23.8 Å². The fraction of sp³-hybridized carbons (Fsp3) is 0.682. The van der Waals surface area contributed by atoms with Gasteiger partial charge in [-0.25, -0.2) is 0 Å². The molecule has 1 aromatic rings. The number of nitrogen functional groups attached to an aromatic ring is 1. The van der Waals surface area contributed by atoms with Crippen molar-refractivity contribution in [1.82, 2.24) is 0 Å². The zero-order chi connectivity index (χ0) is 17.9. The molecule has 2 fully saturated rings. The van der Waals surface area contributed by atoms with E-state index in [-0.39, 0.29) is 5.41 Å². The Morgan fingerprint density at radius 2 is 1.84 bits per heavy atom. The van der Waals surface area contributed by atoms with E-state index in [9.17, 15) is 5.26 Å². The molecule has 2 saturated carbocycles. The molecule has 2 aliphatic carbocycles. The summed E-state index contributed by atoms with van der Waals surface area (Å²) in [6, 6.07) is 9.68. The molecule has 0 spiro atoms. The second-order valence-corrected chi connectivity index (χ2v) is 8.51. The van der Waals surface area contributed by atoms with Gasteiger partial charge in [0.1, 0.15) is 0 Å². The van der Waals surface area contributed by atoms with Crippen LogP contribution < -0.4 is 10.6 Å². The van der Waals surface area contributed by atoms with Gasteiger partial charge in [0.25, 0.3) is 0 Å². The van der Waals surface area contributed by atoms with E-state index in [4.69, 9.17) is 5.73 Å². The van der Waals surface area contributed by atoms with Crippen molar-refractivity contribution in [2.75, 3.05) is 17.2 Å². The molecule has 3 rings (SSSR count). The molecule has 0 saturated heterocycles. The van der Waals surface area contributed by atoms with Crippen LogP contribution in [0.3, 0.4) is 0 Å². The fourth-order valence-corrected chi connectivity index (χ4v) is 4.79. The van der Waals surface area contributed by atoms with E-state index in [0.717, 1.165) is 43.5 Å². The van der Waals surface area contributed by atoms with Crippen LogP contribution >= 0.6 is 0 Å². The molecule has 3 nitrogen and oxygen atoms in total. The normalized spacial score (nSPS) is 20.6. The third-order valence-electron chi connectivity index (χ3n) is 6.14. The van der Waals surface area contributed by atoms with Crippen LogP contribution in [0.2, 0.25) is 0 Å². The third kappa shape index (κ3) is 3.78. The van der Waals surface area contributed by atoms with Gasteiger partial charge in [0.05, 0.1) is 22.9 Å². The fourth-order valence-electron chi connectivity index (χ4n) is 4.79. The minimum atomic E-state index is -0.305. The lowest BCUT2D eigenvalue weighted by Gasteiger charge is -2.38. The lowest BCUT2D eigenvalue weighted by Crippen LogP contribution is -2.39. The number of benzene rings is 1. The first-order valence-corrected chi connectivity index (χ1v) is 10.1. The molecule has 2 aliphatic rings. The molecule has 0 aromatic heterocycles. The maximum Gasteiger partial charge on any atom is 0.0823 e. The van der Waals surface area contributed by atoms with Crippen LogP contribution in [-0.2, 0) is 5.41 Å². The summed E-state index contributed by atoms with van der Waals surface area (Å²) in [6.07, 6.45) is 10.8. The van der Waals surface area contributed by atoms with Crippen LogP contribution in [0.15, 0.2) is 18.2 Å². The lowest BCUT2D eigenvalue weighted by molar-refractivity contribution is 0.401. The second kappa shape index (κ2) is 7.68. The molecule has 0 radical (unpaired) electrons. The Balaban J connectivity index is 1.90. The molecule has 0 atom stereocenters. The van der Waals surface area contributed by atoms with E-state index in [1.165, 1.54) is 37.8 Å². The number of nitrogens with zero attached hydrogens (tertiary/aromatic N) is 2. The van der Waals surface area contributed by atoms with Gasteiger partial charge in [0.15, 0.2) is 0 Å². The highest BCUT2D eigenvalue weighted by Gasteiger charge is 2.36. The van der Waals surface area contributed by atoms with Gasteiger partial charge in [-0.05, 0) is 49.3 Å². The van der Waals surface area contributed by atoms with E-state index in [2.05, 4.69) is 43.0 Å². The predicted molar refractivity (Wildman–Crippen MR) is 106 cm³/mol. The van der Waals surface area contributed by atoms with Crippen LogP contribution in [0, 0.1) is 17.2 Å². The Kier molecular flexibility index (Phi) is 5.57. The Morgan fingerprint density at radius 1 is 1.16 bits per heavy atom. The van der Waals surface area contributed by atoms with Crippen molar-refractivity contribution in [2.45, 2.75) is 83.1 Å². The summed E-state index contributed by atoms with van der Waals surface area (Å²) in [4.78, 5) is 2.55. The summed E-state index contributed by atoms with van der Waals surface area (Å²) in [5, 5.41) is 9.76. The van der Waals surface area contributed by atoms with Gasteiger partial charge in [0, 0.05) is 12.6 Å². The maximum absolute atomic E-state index is 9.76. The summed E-state index contributed by atoms with van der Waals surface area (Å²) in [7, 11) is 0. The summed E-state index contributed by atoms with van der Waals surface area (Å²) in [5.74, 6) is 0.612. The highest BCUT2D eigenvalue weighted by Crippen LogP contribution is 2.43. The van der Waals surface area contributed by atoms with E-state index in [1.807, 2.05) is 0 Å². The van der Waals surface area contributed by atoms with Crippen LogP contribution in [0.1, 0.15) is 77.2 Å². The number of hydrogen-bond donors (Lipinski definition) is 1. The van der Waals surface area contributed by atoms with E-state index >= 15 is 0 Å². The molecule has 0 heterocycles. The maximum atomic E-state index is 9.76. The van der Waals surface area contributed by atoms with Crippen LogP contribution in [0.25, 0.3) is 0 Å². The first kappa shape index (κ1) is 18.1. The number of nitriles is 1. The van der Waals surface area contributed by atoms with Gasteiger partial charge in [-0.2, -0.15) is 5.26 Å². The average Bonchev–Trinajstić information content (AvgIpc) is 3.11. The van der Waals surface area contributed by atoms with Crippen molar-refractivity contribution in [3.8, 4) is 6.07 Å². The molecule has 1 aromatic carbocycles. The zero-order valence-electron chi connectivity index (χ0n) is 15.9. The Morgan fingerprint density at radius 3 is 2.40 bits per heavy atom. The third-order valence-corrected chi connectivity index (χ3v) is 6.14. The molecule has 25 heavy (non-hydrogen) atoms. The Bertz CT molecular complexity index is 617. The molecule has 136 valence electrons. The molecule has 0 bridgehead atoms. The number of hydrogen-bond acceptors (Lipinski definition) is 3. The summed E-state index contributed by atoms with van der Waals surface area (Å²) in [6.45, 7) is 5.62. The Hall–Kier alpha value is -1.69. The quantitative estimate of drug-likeness (QED) is 0.731. The number of rotatable bonds is 5. The van der Waals surface area contributed by atoms with Crippen LogP contribution in [0.5, 0.6) is 0 Å². The SMILES string of the molecule is CC(C)CN(c1ccc(C2(C#N)CCCC2)cc1N)C1CCCCC1. The van der Waals surface area contributed by atoms with E-state index in [1.54, 1.807) is 0 Å². The van der Waals surface area contributed by atoms with Gasteiger partial charge in [-0.3, -0.25) is 0 Å². The van der Waals surface area contributed by atoms with Gasteiger partial charge in [-0.15, -0.1) is 0 Å². The van der Waals surface area contributed by atoms with Crippen molar-refractivity contribution in [3.63, 3.8) is 0 Å². The molecule has 3 heteroatoms. The van der Waals surface area contributed by atoms with E-state index < -0.39 is 0 Å². The first-order valence-electron chi connectivity index (χ1n) is 10.1. The lowest BCUT2D eigenvalue weighted by atomic mass is 9.80. The highest BCUT2D eigenvalue weighted by molar-refractivity contribution is 5.70. The van der Waals surface area contributed by atoms with Crippen molar-refractivity contribution < 1.29 is 0 Å². The average molecular weight is 340 g/mol.